The molecule has 2 rings (SSSR count). The van der Waals surface area contributed by atoms with Crippen LogP contribution in [-0.2, 0) is 0 Å². The SMILES string of the molecule is Cc1cccc(N2CCN(CCCCN=C(N)NC(C)(C)C)CC2)c1. The average molecular weight is 346 g/mol. The number of nitrogens with zero attached hydrogens (tertiary/aromatic N) is 3. The first-order valence-corrected chi connectivity index (χ1v) is 9.45. The van der Waals surface area contributed by atoms with Gasteiger partial charge < -0.3 is 16.0 Å². The first-order chi connectivity index (χ1) is 11.8. The Morgan fingerprint density at radius 1 is 1.16 bits per heavy atom. The first kappa shape index (κ1) is 19.6. The number of hydrogen-bond donors (Lipinski definition) is 2. The summed E-state index contributed by atoms with van der Waals surface area (Å²) >= 11 is 0. The van der Waals surface area contributed by atoms with Gasteiger partial charge in [-0.05, 0) is 64.8 Å². The van der Waals surface area contributed by atoms with E-state index < -0.39 is 0 Å². The summed E-state index contributed by atoms with van der Waals surface area (Å²) < 4.78 is 0. The maximum Gasteiger partial charge on any atom is 0.188 e. The largest absolute Gasteiger partial charge is 0.370 e. The number of nitrogens with two attached hydrogens (primary N) is 1. The molecule has 1 aromatic carbocycles. The van der Waals surface area contributed by atoms with Crippen LogP contribution in [0.3, 0.4) is 0 Å². The molecular formula is C20H35N5. The summed E-state index contributed by atoms with van der Waals surface area (Å²) in [4.78, 5) is 9.46. The molecule has 3 N–H and O–H groups in total. The van der Waals surface area contributed by atoms with Gasteiger partial charge in [-0.15, -0.1) is 0 Å². The van der Waals surface area contributed by atoms with Crippen molar-refractivity contribution in [2.45, 2.75) is 46.1 Å². The molecular weight excluding hydrogens is 310 g/mol. The van der Waals surface area contributed by atoms with Crippen molar-refractivity contribution in [1.29, 1.82) is 0 Å². The molecule has 0 aliphatic carbocycles. The second kappa shape index (κ2) is 9.09. The van der Waals surface area contributed by atoms with Crippen molar-refractivity contribution in [3.05, 3.63) is 29.8 Å². The van der Waals surface area contributed by atoms with Gasteiger partial charge in [0.2, 0.25) is 0 Å². The van der Waals surface area contributed by atoms with E-state index in [1.165, 1.54) is 17.7 Å². The van der Waals surface area contributed by atoms with Crippen molar-refractivity contribution in [2.75, 3.05) is 44.2 Å². The van der Waals surface area contributed by atoms with Gasteiger partial charge in [0.1, 0.15) is 0 Å². The number of nitrogens with one attached hydrogen (secondary N) is 1. The lowest BCUT2D eigenvalue weighted by Crippen LogP contribution is -2.46. The zero-order chi connectivity index (χ0) is 18.3. The molecule has 0 saturated carbocycles. The number of anilines is 1. The summed E-state index contributed by atoms with van der Waals surface area (Å²) in [5.74, 6) is 0.555. The third-order valence-electron chi connectivity index (χ3n) is 4.41. The fraction of sp³-hybridized carbons (Fsp3) is 0.650. The number of piperazine rings is 1. The quantitative estimate of drug-likeness (QED) is 0.473. The summed E-state index contributed by atoms with van der Waals surface area (Å²) in [5, 5.41) is 3.20. The van der Waals surface area contributed by atoms with Crippen LogP contribution in [0.4, 0.5) is 5.69 Å². The molecule has 1 fully saturated rings. The number of rotatable bonds is 6. The van der Waals surface area contributed by atoms with Gasteiger partial charge in [-0.1, -0.05) is 12.1 Å². The molecule has 0 atom stereocenters. The lowest BCUT2D eigenvalue weighted by Gasteiger charge is -2.36. The Kier molecular flexibility index (Phi) is 7.12. The monoisotopic (exact) mass is 345 g/mol. The third-order valence-corrected chi connectivity index (χ3v) is 4.41. The molecule has 0 spiro atoms. The fourth-order valence-electron chi connectivity index (χ4n) is 3.12. The molecule has 1 saturated heterocycles. The number of hydrogen-bond acceptors (Lipinski definition) is 3. The van der Waals surface area contributed by atoms with Crippen LogP contribution in [0.2, 0.25) is 0 Å². The highest BCUT2D eigenvalue weighted by atomic mass is 15.3. The van der Waals surface area contributed by atoms with Gasteiger partial charge in [-0.3, -0.25) is 9.89 Å². The van der Waals surface area contributed by atoms with Gasteiger partial charge in [0, 0.05) is 44.0 Å². The Balaban J connectivity index is 1.62. The molecule has 0 aromatic heterocycles. The lowest BCUT2D eigenvalue weighted by atomic mass is 10.1. The van der Waals surface area contributed by atoms with Crippen LogP contribution < -0.4 is 16.0 Å². The minimum Gasteiger partial charge on any atom is -0.370 e. The summed E-state index contributed by atoms with van der Waals surface area (Å²) in [7, 11) is 0. The number of guanidine groups is 1. The zero-order valence-electron chi connectivity index (χ0n) is 16.4. The predicted molar refractivity (Wildman–Crippen MR) is 108 cm³/mol. The molecule has 0 unspecified atom stereocenters. The Morgan fingerprint density at radius 3 is 2.52 bits per heavy atom. The van der Waals surface area contributed by atoms with Crippen molar-refractivity contribution < 1.29 is 0 Å². The van der Waals surface area contributed by atoms with Crippen molar-refractivity contribution >= 4 is 11.6 Å². The van der Waals surface area contributed by atoms with E-state index in [-0.39, 0.29) is 5.54 Å². The lowest BCUT2D eigenvalue weighted by molar-refractivity contribution is 0.253. The average Bonchev–Trinajstić information content (AvgIpc) is 2.53. The van der Waals surface area contributed by atoms with Crippen LogP contribution in [0, 0.1) is 6.92 Å². The van der Waals surface area contributed by atoms with E-state index in [2.05, 4.69) is 72.1 Å². The van der Waals surface area contributed by atoms with Crippen molar-refractivity contribution in [2.24, 2.45) is 10.7 Å². The highest BCUT2D eigenvalue weighted by molar-refractivity contribution is 5.78. The van der Waals surface area contributed by atoms with Gasteiger partial charge in [0.15, 0.2) is 5.96 Å². The minimum absolute atomic E-state index is 0.0233. The standard InChI is InChI=1S/C20H35N5/c1-17-8-7-9-18(16-17)25-14-12-24(13-15-25)11-6-5-10-22-19(21)23-20(2,3)4/h7-9,16H,5-6,10-15H2,1-4H3,(H3,21,22,23). The molecule has 5 nitrogen and oxygen atoms in total. The van der Waals surface area contributed by atoms with Crippen molar-refractivity contribution in [1.82, 2.24) is 10.2 Å². The predicted octanol–water partition coefficient (Wildman–Crippen LogP) is 2.60. The molecule has 25 heavy (non-hydrogen) atoms. The van der Waals surface area contributed by atoms with Crippen LogP contribution >= 0.6 is 0 Å². The molecule has 0 radical (unpaired) electrons. The second-order valence-corrected chi connectivity index (χ2v) is 8.02. The van der Waals surface area contributed by atoms with Gasteiger partial charge in [0.25, 0.3) is 0 Å². The van der Waals surface area contributed by atoms with E-state index in [0.29, 0.717) is 5.96 Å². The molecule has 1 aromatic rings. The van der Waals surface area contributed by atoms with E-state index in [9.17, 15) is 0 Å². The van der Waals surface area contributed by atoms with Crippen LogP contribution in [0.25, 0.3) is 0 Å². The molecule has 1 aliphatic rings. The van der Waals surface area contributed by atoms with E-state index in [4.69, 9.17) is 5.73 Å². The third kappa shape index (κ3) is 7.34. The summed E-state index contributed by atoms with van der Waals surface area (Å²) in [6, 6.07) is 8.81. The van der Waals surface area contributed by atoms with Crippen LogP contribution in [0.5, 0.6) is 0 Å². The summed E-state index contributed by atoms with van der Waals surface area (Å²) in [6.45, 7) is 14.9. The van der Waals surface area contributed by atoms with Crippen LogP contribution in [0.1, 0.15) is 39.2 Å². The number of aliphatic imine (C=N–C) groups is 1. The summed E-state index contributed by atoms with van der Waals surface area (Å²) in [6.07, 6.45) is 2.27. The normalized spacial score (nSPS) is 17.0. The van der Waals surface area contributed by atoms with Gasteiger partial charge in [0.05, 0.1) is 0 Å². The van der Waals surface area contributed by atoms with Gasteiger partial charge in [-0.25, -0.2) is 0 Å². The molecule has 140 valence electrons. The molecule has 0 bridgehead atoms. The maximum atomic E-state index is 5.89. The number of benzene rings is 1. The van der Waals surface area contributed by atoms with E-state index >= 15 is 0 Å². The fourth-order valence-corrected chi connectivity index (χ4v) is 3.12. The Morgan fingerprint density at radius 2 is 1.88 bits per heavy atom. The number of aryl methyl sites for hydroxylation is 1. The van der Waals surface area contributed by atoms with Crippen LogP contribution in [-0.4, -0.2) is 55.7 Å². The molecule has 0 amide bonds. The zero-order valence-corrected chi connectivity index (χ0v) is 16.4. The molecule has 1 heterocycles. The Labute approximate surface area is 153 Å². The highest BCUT2D eigenvalue weighted by Gasteiger charge is 2.16. The molecule has 5 heteroatoms. The maximum absolute atomic E-state index is 5.89. The second-order valence-electron chi connectivity index (χ2n) is 8.02. The van der Waals surface area contributed by atoms with Crippen LogP contribution in [0.15, 0.2) is 29.3 Å². The van der Waals surface area contributed by atoms with Crippen molar-refractivity contribution in [3.8, 4) is 0 Å². The van der Waals surface area contributed by atoms with Crippen molar-refractivity contribution in [3.63, 3.8) is 0 Å². The van der Waals surface area contributed by atoms with E-state index in [1.807, 2.05) is 0 Å². The topological polar surface area (TPSA) is 56.9 Å². The van der Waals surface area contributed by atoms with E-state index in [1.54, 1.807) is 0 Å². The van der Waals surface area contributed by atoms with E-state index in [0.717, 1.165) is 45.7 Å². The molecule has 1 aliphatic heterocycles. The van der Waals surface area contributed by atoms with Gasteiger partial charge in [-0.2, -0.15) is 0 Å². The number of unbranched alkanes of at least 4 members (excludes halogenated alkanes) is 1. The Hall–Kier alpha value is -1.75. The highest BCUT2D eigenvalue weighted by Crippen LogP contribution is 2.17. The summed E-state index contributed by atoms with van der Waals surface area (Å²) in [5.41, 5.74) is 8.56. The Bertz CT molecular complexity index is 553. The van der Waals surface area contributed by atoms with Gasteiger partial charge >= 0.3 is 0 Å². The first-order valence-electron chi connectivity index (χ1n) is 9.45. The minimum atomic E-state index is -0.0233. The smallest absolute Gasteiger partial charge is 0.188 e.